The summed E-state index contributed by atoms with van der Waals surface area (Å²) in [5, 5.41) is 14.1. The summed E-state index contributed by atoms with van der Waals surface area (Å²) in [7, 11) is 1.51. The molecule has 1 atom stereocenters. The molecule has 0 aromatic heterocycles. The van der Waals surface area contributed by atoms with E-state index in [1.807, 2.05) is 6.07 Å². The monoisotopic (exact) mass is 221 g/mol. The quantitative estimate of drug-likeness (QED) is 0.804. The van der Waals surface area contributed by atoms with Gasteiger partial charge in [-0.15, -0.1) is 0 Å². The van der Waals surface area contributed by atoms with Crippen LogP contribution in [0, 0.1) is 17.1 Å². The maximum Gasteiger partial charge on any atom is 0.222 e. The summed E-state index contributed by atoms with van der Waals surface area (Å²) in [6, 6.07) is 6.96. The predicted molar refractivity (Wildman–Crippen MR) is 58.1 cm³/mol. The topological polar surface area (TPSA) is 64.9 Å². The SMILES string of the molecule is CNC(=O)CC(C#N)Nc1ccc(F)cc1. The van der Waals surface area contributed by atoms with Crippen LogP contribution in [0.4, 0.5) is 10.1 Å². The molecule has 2 N–H and O–H groups in total. The van der Waals surface area contributed by atoms with Crippen LogP contribution in [0.2, 0.25) is 0 Å². The van der Waals surface area contributed by atoms with Gasteiger partial charge in [-0.05, 0) is 24.3 Å². The number of halogens is 1. The van der Waals surface area contributed by atoms with Gasteiger partial charge >= 0.3 is 0 Å². The number of nitrogens with one attached hydrogen (secondary N) is 2. The number of benzene rings is 1. The summed E-state index contributed by atoms with van der Waals surface area (Å²) >= 11 is 0. The second-order valence-electron chi connectivity index (χ2n) is 3.21. The molecule has 0 saturated heterocycles. The third-order valence-electron chi connectivity index (χ3n) is 2.01. The van der Waals surface area contributed by atoms with Crippen molar-refractivity contribution in [2.24, 2.45) is 0 Å². The van der Waals surface area contributed by atoms with Crippen LogP contribution < -0.4 is 10.6 Å². The van der Waals surface area contributed by atoms with Crippen molar-refractivity contribution in [3.63, 3.8) is 0 Å². The highest BCUT2D eigenvalue weighted by Gasteiger charge is 2.11. The van der Waals surface area contributed by atoms with Crippen molar-refractivity contribution < 1.29 is 9.18 Å². The van der Waals surface area contributed by atoms with Crippen molar-refractivity contribution in [3.05, 3.63) is 30.1 Å². The summed E-state index contributed by atoms with van der Waals surface area (Å²) in [5.41, 5.74) is 0.608. The summed E-state index contributed by atoms with van der Waals surface area (Å²) in [5.74, 6) is -0.563. The predicted octanol–water partition coefficient (Wildman–Crippen LogP) is 1.27. The zero-order valence-electron chi connectivity index (χ0n) is 8.83. The molecule has 16 heavy (non-hydrogen) atoms. The highest BCUT2D eigenvalue weighted by molar-refractivity contribution is 5.77. The first-order valence-corrected chi connectivity index (χ1v) is 4.78. The van der Waals surface area contributed by atoms with Gasteiger partial charge in [0.05, 0.1) is 12.5 Å². The number of nitrogens with zero attached hydrogens (tertiary/aromatic N) is 1. The minimum Gasteiger partial charge on any atom is -0.369 e. The molecule has 1 amide bonds. The van der Waals surface area contributed by atoms with E-state index in [0.717, 1.165) is 0 Å². The molecule has 0 spiro atoms. The molecule has 1 unspecified atom stereocenters. The Balaban J connectivity index is 2.60. The van der Waals surface area contributed by atoms with Gasteiger partial charge in [-0.1, -0.05) is 0 Å². The molecular weight excluding hydrogens is 209 g/mol. The van der Waals surface area contributed by atoms with Crippen molar-refractivity contribution in [2.75, 3.05) is 12.4 Å². The molecule has 0 fully saturated rings. The van der Waals surface area contributed by atoms with Gasteiger partial charge in [0.15, 0.2) is 0 Å². The van der Waals surface area contributed by atoms with E-state index >= 15 is 0 Å². The third-order valence-corrected chi connectivity index (χ3v) is 2.01. The highest BCUT2D eigenvalue weighted by atomic mass is 19.1. The number of anilines is 1. The van der Waals surface area contributed by atoms with E-state index in [0.29, 0.717) is 5.69 Å². The Morgan fingerprint density at radius 2 is 2.12 bits per heavy atom. The Kier molecular flexibility index (Phi) is 4.28. The van der Waals surface area contributed by atoms with Crippen LogP contribution in [0.1, 0.15) is 6.42 Å². The zero-order chi connectivity index (χ0) is 12.0. The summed E-state index contributed by atoms with van der Waals surface area (Å²) in [6.45, 7) is 0. The first-order valence-electron chi connectivity index (χ1n) is 4.78. The maximum atomic E-state index is 12.6. The van der Waals surface area contributed by atoms with Crippen molar-refractivity contribution in [1.82, 2.24) is 5.32 Å². The van der Waals surface area contributed by atoms with Gasteiger partial charge in [-0.2, -0.15) is 5.26 Å². The summed E-state index contributed by atoms with van der Waals surface area (Å²) in [4.78, 5) is 11.1. The van der Waals surface area contributed by atoms with Gasteiger partial charge in [0, 0.05) is 12.7 Å². The molecule has 0 saturated carbocycles. The average Bonchev–Trinajstić information content (AvgIpc) is 2.30. The van der Waals surface area contributed by atoms with E-state index in [9.17, 15) is 9.18 Å². The summed E-state index contributed by atoms with van der Waals surface area (Å²) < 4.78 is 12.6. The molecule has 1 aromatic carbocycles. The van der Waals surface area contributed by atoms with E-state index < -0.39 is 6.04 Å². The minimum absolute atomic E-state index is 0.0599. The van der Waals surface area contributed by atoms with Crippen LogP contribution in [0.25, 0.3) is 0 Å². The molecule has 0 aliphatic carbocycles. The van der Waals surface area contributed by atoms with Crippen LogP contribution in [0.5, 0.6) is 0 Å². The molecule has 0 aliphatic rings. The third kappa shape index (κ3) is 3.58. The van der Waals surface area contributed by atoms with Gasteiger partial charge in [-0.3, -0.25) is 4.79 Å². The van der Waals surface area contributed by atoms with Gasteiger partial charge in [0.25, 0.3) is 0 Å². The van der Waals surface area contributed by atoms with Crippen molar-refractivity contribution in [2.45, 2.75) is 12.5 Å². The lowest BCUT2D eigenvalue weighted by atomic mass is 10.2. The minimum atomic E-state index is -0.620. The Morgan fingerprint density at radius 1 is 1.50 bits per heavy atom. The first-order chi connectivity index (χ1) is 7.65. The maximum absolute atomic E-state index is 12.6. The van der Waals surface area contributed by atoms with Crippen LogP contribution in [-0.2, 0) is 4.79 Å². The second-order valence-corrected chi connectivity index (χ2v) is 3.21. The van der Waals surface area contributed by atoms with Crippen LogP contribution in [0.15, 0.2) is 24.3 Å². The second kappa shape index (κ2) is 5.71. The van der Waals surface area contributed by atoms with Crippen LogP contribution in [0.3, 0.4) is 0 Å². The molecule has 5 heteroatoms. The van der Waals surface area contributed by atoms with E-state index in [1.165, 1.54) is 31.3 Å². The lowest BCUT2D eigenvalue weighted by molar-refractivity contribution is -0.120. The Bertz CT molecular complexity index is 397. The lowest BCUT2D eigenvalue weighted by Gasteiger charge is -2.11. The molecule has 84 valence electrons. The lowest BCUT2D eigenvalue weighted by Crippen LogP contribution is -2.27. The van der Waals surface area contributed by atoms with E-state index in [4.69, 9.17) is 5.26 Å². The molecule has 0 bridgehead atoms. The summed E-state index contributed by atoms with van der Waals surface area (Å²) in [6.07, 6.45) is 0.0599. The number of nitriles is 1. The van der Waals surface area contributed by atoms with Gasteiger partial charge in [-0.25, -0.2) is 4.39 Å². The number of hydrogen-bond donors (Lipinski definition) is 2. The fraction of sp³-hybridized carbons (Fsp3) is 0.273. The molecule has 0 radical (unpaired) electrons. The molecule has 0 heterocycles. The zero-order valence-corrected chi connectivity index (χ0v) is 8.83. The Labute approximate surface area is 93.1 Å². The fourth-order valence-corrected chi connectivity index (χ4v) is 1.16. The van der Waals surface area contributed by atoms with Crippen molar-refractivity contribution in [3.8, 4) is 6.07 Å². The standard InChI is InChI=1S/C11H12FN3O/c1-14-11(16)6-10(7-13)15-9-4-2-8(12)3-5-9/h2-5,10,15H,6H2,1H3,(H,14,16). The molecular formula is C11H12FN3O. The van der Waals surface area contributed by atoms with E-state index in [1.54, 1.807) is 0 Å². The number of rotatable bonds is 4. The first kappa shape index (κ1) is 12.0. The Hall–Kier alpha value is -2.09. The van der Waals surface area contributed by atoms with E-state index in [-0.39, 0.29) is 18.1 Å². The Morgan fingerprint density at radius 3 is 2.62 bits per heavy atom. The smallest absolute Gasteiger partial charge is 0.222 e. The van der Waals surface area contributed by atoms with Crippen LogP contribution >= 0.6 is 0 Å². The fourth-order valence-electron chi connectivity index (χ4n) is 1.16. The molecule has 1 aromatic rings. The normalized spacial score (nSPS) is 11.3. The number of carbonyl (C=O) groups excluding carboxylic acids is 1. The average molecular weight is 221 g/mol. The number of hydrogen-bond acceptors (Lipinski definition) is 3. The number of amides is 1. The largest absolute Gasteiger partial charge is 0.369 e. The van der Waals surface area contributed by atoms with Gasteiger partial charge in [0.1, 0.15) is 11.9 Å². The van der Waals surface area contributed by atoms with Crippen molar-refractivity contribution >= 4 is 11.6 Å². The van der Waals surface area contributed by atoms with Gasteiger partial charge < -0.3 is 10.6 Å². The highest BCUT2D eigenvalue weighted by Crippen LogP contribution is 2.10. The molecule has 4 nitrogen and oxygen atoms in total. The van der Waals surface area contributed by atoms with Crippen molar-refractivity contribution in [1.29, 1.82) is 5.26 Å². The van der Waals surface area contributed by atoms with Crippen LogP contribution in [-0.4, -0.2) is 19.0 Å². The number of carbonyl (C=O) groups is 1. The molecule has 0 aliphatic heterocycles. The van der Waals surface area contributed by atoms with Gasteiger partial charge in [0.2, 0.25) is 5.91 Å². The molecule has 1 rings (SSSR count). The van der Waals surface area contributed by atoms with E-state index in [2.05, 4.69) is 10.6 Å².